The van der Waals surface area contributed by atoms with Crippen molar-refractivity contribution in [1.82, 2.24) is 0 Å². The van der Waals surface area contributed by atoms with E-state index in [0.29, 0.717) is 19.3 Å². The summed E-state index contributed by atoms with van der Waals surface area (Å²) in [5, 5.41) is -0.373. The number of nitrogens with zero attached hydrogens (tertiary/aromatic N) is 1. The highest BCUT2D eigenvalue weighted by molar-refractivity contribution is 6.31. The molecule has 0 N–H and O–H groups in total. The number of benzene rings is 2. The van der Waals surface area contributed by atoms with Crippen LogP contribution in [0.5, 0.6) is 0 Å². The maximum absolute atomic E-state index is 13.2. The molecule has 6 heteroatoms. The summed E-state index contributed by atoms with van der Waals surface area (Å²) in [4.78, 5) is 13.4. The second kappa shape index (κ2) is 6.71. The molecule has 1 amide bonds. The van der Waals surface area contributed by atoms with Gasteiger partial charge in [0.1, 0.15) is 0 Å². The highest BCUT2D eigenvalue weighted by atomic mass is 35.5. The molecule has 2 aromatic carbocycles. The third-order valence-corrected chi connectivity index (χ3v) is 5.17. The van der Waals surface area contributed by atoms with Crippen LogP contribution in [-0.4, -0.2) is 6.41 Å². The van der Waals surface area contributed by atoms with E-state index < -0.39 is 17.3 Å². The first-order valence-corrected chi connectivity index (χ1v) is 8.43. The average molecular weight is 368 g/mol. The van der Waals surface area contributed by atoms with Gasteiger partial charge in [0.05, 0.1) is 16.1 Å². The fraction of sp³-hybridized carbons (Fsp3) is 0.316. The Morgan fingerprint density at radius 1 is 1.04 bits per heavy atom. The summed E-state index contributed by atoms with van der Waals surface area (Å²) in [6, 6.07) is 13.1. The van der Waals surface area contributed by atoms with Gasteiger partial charge in [-0.3, -0.25) is 4.79 Å². The second-order valence-electron chi connectivity index (χ2n) is 6.24. The monoisotopic (exact) mass is 367 g/mol. The Morgan fingerprint density at radius 3 is 2.24 bits per heavy atom. The molecule has 1 saturated carbocycles. The van der Waals surface area contributed by atoms with Crippen molar-refractivity contribution in [3.8, 4) is 0 Å². The standard InChI is InChI=1S/C19H17ClF3NO/c20-17-9-8-15(12-16(17)19(21,22)23)24(13-25)18(10-4-5-11-18)14-6-2-1-3-7-14/h1-3,6-9,12-13H,4-5,10-11H2. The van der Waals surface area contributed by atoms with Crippen molar-refractivity contribution in [2.45, 2.75) is 37.4 Å². The van der Waals surface area contributed by atoms with Crippen LogP contribution in [0.1, 0.15) is 36.8 Å². The molecule has 0 aliphatic heterocycles. The lowest BCUT2D eigenvalue weighted by atomic mass is 9.86. The van der Waals surface area contributed by atoms with Gasteiger partial charge in [0.15, 0.2) is 0 Å². The third-order valence-electron chi connectivity index (χ3n) is 4.84. The smallest absolute Gasteiger partial charge is 0.305 e. The van der Waals surface area contributed by atoms with Crippen LogP contribution >= 0.6 is 11.6 Å². The van der Waals surface area contributed by atoms with Crippen LogP contribution in [0.4, 0.5) is 18.9 Å². The number of hydrogen-bond donors (Lipinski definition) is 0. The summed E-state index contributed by atoms with van der Waals surface area (Å²) >= 11 is 5.71. The fourth-order valence-electron chi connectivity index (χ4n) is 3.67. The van der Waals surface area contributed by atoms with Crippen LogP contribution < -0.4 is 4.90 Å². The molecule has 3 rings (SSSR count). The summed E-state index contributed by atoms with van der Waals surface area (Å²) in [6.45, 7) is 0. The molecule has 0 radical (unpaired) electrons. The van der Waals surface area contributed by atoms with Crippen molar-refractivity contribution in [1.29, 1.82) is 0 Å². The third kappa shape index (κ3) is 3.25. The first-order valence-electron chi connectivity index (χ1n) is 8.05. The summed E-state index contributed by atoms with van der Waals surface area (Å²) < 4.78 is 39.6. The molecular weight excluding hydrogens is 351 g/mol. The van der Waals surface area contributed by atoms with Gasteiger partial charge in [0.2, 0.25) is 6.41 Å². The Morgan fingerprint density at radius 2 is 1.68 bits per heavy atom. The molecule has 2 aromatic rings. The molecule has 0 atom stereocenters. The Labute approximate surface area is 149 Å². The number of hydrogen-bond acceptors (Lipinski definition) is 1. The van der Waals surface area contributed by atoms with Crippen molar-refractivity contribution in [2.75, 3.05) is 4.90 Å². The number of anilines is 1. The van der Waals surface area contributed by atoms with Crippen molar-refractivity contribution in [2.24, 2.45) is 0 Å². The number of halogens is 4. The summed E-state index contributed by atoms with van der Waals surface area (Å²) in [5.41, 5.74) is -0.417. The molecule has 0 aromatic heterocycles. The molecule has 2 nitrogen and oxygen atoms in total. The topological polar surface area (TPSA) is 20.3 Å². The van der Waals surface area contributed by atoms with Gasteiger partial charge in [-0.05, 0) is 36.6 Å². The van der Waals surface area contributed by atoms with E-state index in [4.69, 9.17) is 11.6 Å². The molecule has 0 spiro atoms. The fourth-order valence-corrected chi connectivity index (χ4v) is 3.89. The molecule has 1 fully saturated rings. The predicted molar refractivity (Wildman–Crippen MR) is 91.6 cm³/mol. The van der Waals surface area contributed by atoms with Crippen molar-refractivity contribution in [3.05, 3.63) is 64.7 Å². The minimum absolute atomic E-state index is 0.206. The van der Waals surface area contributed by atoms with E-state index in [0.717, 1.165) is 24.5 Å². The zero-order chi connectivity index (χ0) is 18.1. The van der Waals surface area contributed by atoms with Gasteiger partial charge < -0.3 is 4.90 Å². The largest absolute Gasteiger partial charge is 0.417 e. The highest BCUT2D eigenvalue weighted by Crippen LogP contribution is 2.46. The van der Waals surface area contributed by atoms with Gasteiger partial charge in [-0.2, -0.15) is 13.2 Å². The summed E-state index contributed by atoms with van der Waals surface area (Å²) in [5.74, 6) is 0. The van der Waals surface area contributed by atoms with Crippen LogP contribution in [0.2, 0.25) is 5.02 Å². The number of alkyl halides is 3. The van der Waals surface area contributed by atoms with Gasteiger partial charge in [-0.15, -0.1) is 0 Å². The minimum atomic E-state index is -4.57. The number of amides is 1. The molecular formula is C19H17ClF3NO. The lowest BCUT2D eigenvalue weighted by Gasteiger charge is -2.40. The summed E-state index contributed by atoms with van der Waals surface area (Å²) in [7, 11) is 0. The van der Waals surface area contributed by atoms with E-state index in [9.17, 15) is 18.0 Å². The van der Waals surface area contributed by atoms with Gasteiger partial charge in [-0.1, -0.05) is 54.8 Å². The van der Waals surface area contributed by atoms with Crippen LogP contribution in [0.15, 0.2) is 48.5 Å². The second-order valence-corrected chi connectivity index (χ2v) is 6.65. The first kappa shape index (κ1) is 17.8. The molecule has 1 aliphatic rings. The normalized spacial score (nSPS) is 16.6. The van der Waals surface area contributed by atoms with E-state index in [1.54, 1.807) is 0 Å². The Bertz CT molecular complexity index is 755. The maximum atomic E-state index is 13.2. The zero-order valence-electron chi connectivity index (χ0n) is 13.4. The number of carbonyl (C=O) groups excluding carboxylic acids is 1. The molecule has 1 aliphatic carbocycles. The Hall–Kier alpha value is -2.01. The van der Waals surface area contributed by atoms with E-state index in [1.165, 1.54) is 17.0 Å². The molecule has 0 heterocycles. The van der Waals surface area contributed by atoms with Crippen LogP contribution in [0, 0.1) is 0 Å². The molecule has 0 unspecified atom stereocenters. The van der Waals surface area contributed by atoms with Crippen molar-refractivity contribution in [3.63, 3.8) is 0 Å². The van der Waals surface area contributed by atoms with Gasteiger partial charge in [0.25, 0.3) is 0 Å². The molecule has 0 bridgehead atoms. The molecule has 25 heavy (non-hydrogen) atoms. The number of carbonyl (C=O) groups is 1. The minimum Gasteiger partial charge on any atom is -0.305 e. The lowest BCUT2D eigenvalue weighted by molar-refractivity contribution is -0.137. The zero-order valence-corrected chi connectivity index (χ0v) is 14.1. The lowest BCUT2D eigenvalue weighted by Crippen LogP contribution is -2.43. The average Bonchev–Trinajstić information content (AvgIpc) is 3.07. The SMILES string of the molecule is O=CN(c1ccc(Cl)c(C(F)(F)F)c1)C1(c2ccccc2)CCCC1. The highest BCUT2D eigenvalue weighted by Gasteiger charge is 2.42. The Balaban J connectivity index is 2.12. The predicted octanol–water partition coefficient (Wildman–Crippen LogP) is 5.79. The van der Waals surface area contributed by atoms with E-state index in [-0.39, 0.29) is 10.7 Å². The summed E-state index contributed by atoms with van der Waals surface area (Å²) in [6.07, 6.45) is -0.698. The van der Waals surface area contributed by atoms with Gasteiger partial charge in [0, 0.05) is 5.69 Å². The quantitative estimate of drug-likeness (QED) is 0.626. The van der Waals surface area contributed by atoms with E-state index in [2.05, 4.69) is 0 Å². The Kier molecular flexibility index (Phi) is 4.78. The maximum Gasteiger partial charge on any atom is 0.417 e. The van der Waals surface area contributed by atoms with Gasteiger partial charge >= 0.3 is 6.18 Å². The van der Waals surface area contributed by atoms with Crippen molar-refractivity contribution >= 4 is 23.7 Å². The van der Waals surface area contributed by atoms with Gasteiger partial charge in [-0.25, -0.2) is 0 Å². The number of rotatable bonds is 4. The van der Waals surface area contributed by atoms with Crippen molar-refractivity contribution < 1.29 is 18.0 Å². The molecule has 0 saturated heterocycles. The van der Waals surface area contributed by atoms with E-state index >= 15 is 0 Å². The van der Waals surface area contributed by atoms with E-state index in [1.807, 2.05) is 30.3 Å². The first-order chi connectivity index (χ1) is 11.9. The van der Waals surface area contributed by atoms with Crippen LogP contribution in [-0.2, 0) is 16.5 Å². The van der Waals surface area contributed by atoms with Crippen LogP contribution in [0.3, 0.4) is 0 Å². The van der Waals surface area contributed by atoms with Crippen LogP contribution in [0.25, 0.3) is 0 Å². The molecule has 132 valence electrons.